The number of nitrogens with zero attached hydrogens (tertiary/aromatic N) is 5. The molecule has 37 heavy (non-hydrogen) atoms. The maximum absolute atomic E-state index is 13.9. The van der Waals surface area contributed by atoms with E-state index in [0.29, 0.717) is 17.0 Å². The fourth-order valence-electron chi connectivity index (χ4n) is 4.52. The van der Waals surface area contributed by atoms with Crippen molar-refractivity contribution in [3.63, 3.8) is 0 Å². The Morgan fingerprint density at radius 1 is 1.19 bits per heavy atom. The zero-order valence-corrected chi connectivity index (χ0v) is 21.8. The van der Waals surface area contributed by atoms with Gasteiger partial charge in [0.15, 0.2) is 11.0 Å². The standard InChI is InChI=1S/C27H24N6O2S2/c1-35-20-11-9-17(10-12-20)14-30-33-24(19-6-4-5-18(13-19)15-36-27-28-16-29-32-27)31-25-23(26(33)34)21-7-2-3-8-22(21)37-25/h4-6,9-14,16H,2-3,7-8,15H2,1H3,(H,28,29,32). The quantitative estimate of drug-likeness (QED) is 0.227. The lowest BCUT2D eigenvalue weighted by atomic mass is 9.97. The third-order valence-electron chi connectivity index (χ3n) is 6.36. The molecule has 0 saturated carbocycles. The number of rotatable bonds is 7. The van der Waals surface area contributed by atoms with E-state index >= 15 is 0 Å². The van der Waals surface area contributed by atoms with Gasteiger partial charge in [0.1, 0.15) is 16.9 Å². The topological polar surface area (TPSA) is 98.1 Å². The number of aryl methyl sites for hydroxylation is 2. The maximum Gasteiger partial charge on any atom is 0.283 e. The fourth-order valence-corrected chi connectivity index (χ4v) is 6.49. The summed E-state index contributed by atoms with van der Waals surface area (Å²) >= 11 is 3.22. The van der Waals surface area contributed by atoms with Crippen LogP contribution in [0.2, 0.25) is 0 Å². The van der Waals surface area contributed by atoms with E-state index < -0.39 is 0 Å². The highest BCUT2D eigenvalue weighted by molar-refractivity contribution is 7.98. The van der Waals surface area contributed by atoms with Crippen LogP contribution >= 0.6 is 23.1 Å². The van der Waals surface area contributed by atoms with Crippen LogP contribution in [-0.2, 0) is 18.6 Å². The molecule has 0 amide bonds. The van der Waals surface area contributed by atoms with Crippen molar-refractivity contribution >= 4 is 39.5 Å². The van der Waals surface area contributed by atoms with Crippen molar-refractivity contribution in [3.8, 4) is 17.1 Å². The molecule has 0 saturated heterocycles. The first-order valence-corrected chi connectivity index (χ1v) is 13.8. The van der Waals surface area contributed by atoms with E-state index in [2.05, 4.69) is 32.4 Å². The monoisotopic (exact) mass is 528 g/mol. The molecule has 0 atom stereocenters. The van der Waals surface area contributed by atoms with Crippen LogP contribution < -0.4 is 10.3 Å². The molecular formula is C27H24N6O2S2. The normalized spacial score (nSPS) is 13.3. The molecule has 1 aliphatic rings. The zero-order chi connectivity index (χ0) is 25.2. The second kappa shape index (κ2) is 10.3. The Kier molecular flexibility index (Phi) is 6.58. The summed E-state index contributed by atoms with van der Waals surface area (Å²) in [5, 5.41) is 12.9. The van der Waals surface area contributed by atoms with Crippen LogP contribution in [0.5, 0.6) is 5.75 Å². The summed E-state index contributed by atoms with van der Waals surface area (Å²) in [4.78, 5) is 25.2. The van der Waals surface area contributed by atoms with Gasteiger partial charge in [0.05, 0.1) is 18.7 Å². The van der Waals surface area contributed by atoms with Gasteiger partial charge in [-0.25, -0.2) is 9.97 Å². The van der Waals surface area contributed by atoms with Crippen molar-refractivity contribution in [1.82, 2.24) is 24.8 Å². The van der Waals surface area contributed by atoms with Crippen LogP contribution in [-0.4, -0.2) is 38.2 Å². The number of hydrogen-bond acceptors (Lipinski definition) is 8. The fraction of sp³-hybridized carbons (Fsp3) is 0.222. The van der Waals surface area contributed by atoms with E-state index in [4.69, 9.17) is 9.72 Å². The van der Waals surface area contributed by atoms with E-state index in [9.17, 15) is 4.79 Å². The second-order valence-corrected chi connectivity index (χ2v) is 10.8. The first-order valence-electron chi connectivity index (χ1n) is 12.0. The van der Waals surface area contributed by atoms with Crippen LogP contribution in [0.3, 0.4) is 0 Å². The average Bonchev–Trinajstić information content (AvgIpc) is 3.59. The summed E-state index contributed by atoms with van der Waals surface area (Å²) < 4.78 is 6.71. The number of methoxy groups -OCH3 is 1. The van der Waals surface area contributed by atoms with Crippen LogP contribution in [0.15, 0.2) is 69.9 Å². The van der Waals surface area contributed by atoms with Crippen molar-refractivity contribution in [1.29, 1.82) is 0 Å². The summed E-state index contributed by atoms with van der Waals surface area (Å²) in [5.74, 6) is 2.01. The van der Waals surface area contributed by atoms with Crippen LogP contribution in [0, 0.1) is 0 Å². The Morgan fingerprint density at radius 3 is 2.86 bits per heavy atom. The highest BCUT2D eigenvalue weighted by Crippen LogP contribution is 2.35. The van der Waals surface area contributed by atoms with E-state index in [1.807, 2.05) is 36.4 Å². The SMILES string of the molecule is COc1ccc(C=Nn2c(-c3cccc(CSc4ncn[nH]4)c3)nc3sc4c(c3c2=O)CCCC4)cc1. The molecule has 2 aromatic carbocycles. The number of benzene rings is 2. The Balaban J connectivity index is 1.45. The van der Waals surface area contributed by atoms with Gasteiger partial charge >= 0.3 is 0 Å². The number of aromatic nitrogens is 5. The molecule has 0 radical (unpaired) electrons. The van der Waals surface area contributed by atoms with Crippen molar-refractivity contribution in [2.75, 3.05) is 7.11 Å². The minimum Gasteiger partial charge on any atom is -0.497 e. The van der Waals surface area contributed by atoms with Gasteiger partial charge in [-0.2, -0.15) is 14.9 Å². The Morgan fingerprint density at radius 2 is 2.05 bits per heavy atom. The molecule has 186 valence electrons. The van der Waals surface area contributed by atoms with Crippen molar-refractivity contribution in [2.24, 2.45) is 5.10 Å². The Labute approximate surface area is 221 Å². The van der Waals surface area contributed by atoms with Gasteiger partial charge in [-0.15, -0.1) is 11.3 Å². The molecule has 6 rings (SSSR count). The predicted molar refractivity (Wildman–Crippen MR) is 148 cm³/mol. The number of nitrogens with one attached hydrogen (secondary N) is 1. The number of thiophene rings is 1. The minimum atomic E-state index is -0.120. The summed E-state index contributed by atoms with van der Waals surface area (Å²) in [6.07, 6.45) is 7.37. The molecule has 0 aliphatic heterocycles. The summed E-state index contributed by atoms with van der Waals surface area (Å²) in [6, 6.07) is 15.6. The molecule has 0 unspecified atom stereocenters. The number of aromatic amines is 1. The maximum atomic E-state index is 13.9. The zero-order valence-electron chi connectivity index (χ0n) is 20.2. The highest BCUT2D eigenvalue weighted by atomic mass is 32.2. The number of hydrogen-bond donors (Lipinski definition) is 1. The van der Waals surface area contributed by atoms with Gasteiger partial charge in [0.2, 0.25) is 0 Å². The highest BCUT2D eigenvalue weighted by Gasteiger charge is 2.22. The molecule has 3 heterocycles. The van der Waals surface area contributed by atoms with Gasteiger partial charge < -0.3 is 4.74 Å². The van der Waals surface area contributed by atoms with E-state index in [-0.39, 0.29) is 5.56 Å². The first kappa shape index (κ1) is 23.6. The Bertz CT molecular complexity index is 1640. The average molecular weight is 529 g/mol. The molecule has 8 nitrogen and oxygen atoms in total. The van der Waals surface area contributed by atoms with Crippen molar-refractivity contribution in [3.05, 3.63) is 86.8 Å². The lowest BCUT2D eigenvalue weighted by Gasteiger charge is -2.11. The lowest BCUT2D eigenvalue weighted by molar-refractivity contribution is 0.415. The number of thioether (sulfide) groups is 1. The number of fused-ring (bicyclic) bond motifs is 3. The first-order chi connectivity index (χ1) is 18.2. The summed E-state index contributed by atoms with van der Waals surface area (Å²) in [6.45, 7) is 0. The second-order valence-electron chi connectivity index (χ2n) is 8.74. The Hall–Kier alpha value is -3.76. The summed E-state index contributed by atoms with van der Waals surface area (Å²) in [5.41, 5.74) is 3.83. The smallest absolute Gasteiger partial charge is 0.283 e. The molecule has 1 aliphatic carbocycles. The molecule has 1 N–H and O–H groups in total. The van der Waals surface area contributed by atoms with Crippen molar-refractivity contribution in [2.45, 2.75) is 36.6 Å². The molecule has 0 bridgehead atoms. The van der Waals surface area contributed by atoms with Crippen molar-refractivity contribution < 1.29 is 4.74 Å². The molecule has 0 fully saturated rings. The van der Waals surface area contributed by atoms with Crippen LogP contribution in [0.1, 0.15) is 34.4 Å². The minimum absolute atomic E-state index is 0.120. The van der Waals surface area contributed by atoms with Crippen LogP contribution in [0.4, 0.5) is 0 Å². The lowest BCUT2D eigenvalue weighted by Crippen LogP contribution is -2.21. The number of ether oxygens (including phenoxy) is 1. The molecule has 10 heteroatoms. The van der Waals surface area contributed by atoms with Gasteiger partial charge in [0.25, 0.3) is 5.56 Å². The number of H-pyrrole nitrogens is 1. The largest absolute Gasteiger partial charge is 0.497 e. The van der Waals surface area contributed by atoms with Gasteiger partial charge in [-0.1, -0.05) is 30.0 Å². The van der Waals surface area contributed by atoms with E-state index in [0.717, 1.165) is 63.7 Å². The predicted octanol–water partition coefficient (Wildman–Crippen LogP) is 5.31. The third-order valence-corrected chi connectivity index (χ3v) is 8.49. The molecule has 5 aromatic rings. The van der Waals surface area contributed by atoms with Crippen LogP contribution in [0.25, 0.3) is 21.6 Å². The molecule has 0 spiro atoms. The van der Waals surface area contributed by atoms with Gasteiger partial charge in [-0.05, 0) is 72.7 Å². The van der Waals surface area contributed by atoms with Gasteiger partial charge in [0, 0.05) is 16.2 Å². The van der Waals surface area contributed by atoms with E-state index in [1.165, 1.54) is 15.9 Å². The molecular weight excluding hydrogens is 504 g/mol. The molecule has 3 aromatic heterocycles. The van der Waals surface area contributed by atoms with E-state index in [1.54, 1.807) is 36.4 Å². The summed E-state index contributed by atoms with van der Waals surface area (Å²) in [7, 11) is 1.63. The van der Waals surface area contributed by atoms with Gasteiger partial charge in [-0.3, -0.25) is 9.89 Å². The third kappa shape index (κ3) is 4.82.